The van der Waals surface area contributed by atoms with E-state index in [0.29, 0.717) is 0 Å². The number of alkyl halides is 3. The lowest BCUT2D eigenvalue weighted by Gasteiger charge is -2.49. The molecule has 1 aliphatic heterocycles. The molecule has 26 heavy (non-hydrogen) atoms. The van der Waals surface area contributed by atoms with Crippen LogP contribution in [-0.2, 0) is 9.53 Å². The summed E-state index contributed by atoms with van der Waals surface area (Å²) in [6.45, 7) is 1.17. The summed E-state index contributed by atoms with van der Waals surface area (Å²) >= 11 is 11.9. The maximum absolute atomic E-state index is 13.7. The number of esters is 1. The molecule has 1 saturated heterocycles. The molecule has 2 N–H and O–H groups in total. The Morgan fingerprint density at radius 2 is 2.04 bits per heavy atom. The predicted octanol–water partition coefficient (Wildman–Crippen LogP) is 3.12. The van der Waals surface area contributed by atoms with Gasteiger partial charge in [-0.3, -0.25) is 9.69 Å². The molecular weight excluding hydrogens is 400 g/mol. The third-order valence-electron chi connectivity index (χ3n) is 4.14. The van der Waals surface area contributed by atoms with Gasteiger partial charge in [-0.15, -0.1) is 0 Å². The lowest BCUT2D eigenvalue weighted by Crippen LogP contribution is -2.73. The molecule has 2 amide bonds. The van der Waals surface area contributed by atoms with Crippen LogP contribution >= 0.6 is 23.2 Å². The zero-order chi connectivity index (χ0) is 19.9. The number of halogens is 5. The summed E-state index contributed by atoms with van der Waals surface area (Å²) in [5.74, 6) is -3.58. The van der Waals surface area contributed by atoms with Crippen LogP contribution in [0.3, 0.4) is 0 Å². The van der Waals surface area contributed by atoms with Gasteiger partial charge in [-0.2, -0.15) is 13.2 Å². The second kappa shape index (κ2) is 7.13. The minimum atomic E-state index is -5.35. The van der Waals surface area contributed by atoms with Crippen molar-refractivity contribution in [3.8, 4) is 0 Å². The van der Waals surface area contributed by atoms with Crippen LogP contribution < -0.4 is 5.32 Å². The minimum absolute atomic E-state index is 0.00972. The lowest BCUT2D eigenvalue weighted by atomic mass is 9.81. The lowest BCUT2D eigenvalue weighted by molar-refractivity contribution is -0.328. The highest BCUT2D eigenvalue weighted by atomic mass is 35.5. The Hall–Kier alpha value is -1.71. The van der Waals surface area contributed by atoms with Gasteiger partial charge in [0.25, 0.3) is 5.72 Å². The molecule has 0 bridgehead atoms. The molecule has 1 heterocycles. The number of rotatable bonds is 3. The number of benzene rings is 1. The zero-order valence-electron chi connectivity index (χ0n) is 13.6. The summed E-state index contributed by atoms with van der Waals surface area (Å²) in [4.78, 5) is 24.5. The molecule has 0 aliphatic carbocycles. The van der Waals surface area contributed by atoms with Crippen molar-refractivity contribution in [2.24, 2.45) is 5.92 Å². The number of carbonyl (C=O) groups excluding carboxylic acids is 2. The SMILES string of the molecule is CCOC(=O)[C@H]1[C@@H](c2cccc(Cl)c2Cl)NC(=O)N(C)[C@@]1(O)C(F)(F)F. The van der Waals surface area contributed by atoms with Crippen LogP contribution in [0.1, 0.15) is 18.5 Å². The van der Waals surface area contributed by atoms with Crippen molar-refractivity contribution in [2.75, 3.05) is 13.7 Å². The first kappa shape index (κ1) is 20.6. The van der Waals surface area contributed by atoms with Crippen molar-refractivity contribution in [1.29, 1.82) is 0 Å². The summed E-state index contributed by atoms with van der Waals surface area (Å²) in [5.41, 5.74) is -3.86. The molecule has 0 unspecified atom stereocenters. The first-order valence-corrected chi connectivity index (χ1v) is 8.16. The summed E-state index contributed by atoms with van der Waals surface area (Å²) in [7, 11) is 0.727. The molecule has 144 valence electrons. The number of hydrogen-bond acceptors (Lipinski definition) is 4. The Kier molecular flexibility index (Phi) is 5.65. The van der Waals surface area contributed by atoms with Gasteiger partial charge in [0, 0.05) is 7.05 Å². The molecule has 11 heteroatoms. The summed E-state index contributed by atoms with van der Waals surface area (Å²) in [6.07, 6.45) is -5.35. The van der Waals surface area contributed by atoms with Crippen LogP contribution in [0, 0.1) is 5.92 Å². The van der Waals surface area contributed by atoms with Crippen molar-refractivity contribution in [1.82, 2.24) is 10.2 Å². The van der Waals surface area contributed by atoms with Crippen molar-refractivity contribution >= 4 is 35.2 Å². The Morgan fingerprint density at radius 3 is 2.58 bits per heavy atom. The van der Waals surface area contributed by atoms with Gasteiger partial charge in [-0.1, -0.05) is 35.3 Å². The third-order valence-corrected chi connectivity index (χ3v) is 4.97. The smallest absolute Gasteiger partial charge is 0.437 e. The first-order valence-electron chi connectivity index (χ1n) is 7.40. The molecule has 1 aliphatic rings. The zero-order valence-corrected chi connectivity index (χ0v) is 15.1. The molecule has 6 nitrogen and oxygen atoms in total. The van der Waals surface area contributed by atoms with Gasteiger partial charge >= 0.3 is 18.2 Å². The summed E-state index contributed by atoms with van der Waals surface area (Å²) in [5, 5.41) is 12.6. The molecule has 0 radical (unpaired) electrons. The number of aliphatic hydroxyl groups is 1. The highest BCUT2D eigenvalue weighted by molar-refractivity contribution is 6.42. The van der Waals surface area contributed by atoms with Crippen molar-refractivity contribution in [3.63, 3.8) is 0 Å². The fraction of sp³-hybridized carbons (Fsp3) is 0.467. The normalized spacial score (nSPS) is 26.5. The maximum atomic E-state index is 13.7. The predicted molar refractivity (Wildman–Crippen MR) is 86.6 cm³/mol. The Morgan fingerprint density at radius 1 is 1.42 bits per heavy atom. The number of urea groups is 1. The topological polar surface area (TPSA) is 78.9 Å². The second-order valence-electron chi connectivity index (χ2n) is 5.58. The van der Waals surface area contributed by atoms with Crippen LogP contribution in [0.2, 0.25) is 10.0 Å². The van der Waals surface area contributed by atoms with Crippen LogP contribution in [0.15, 0.2) is 18.2 Å². The minimum Gasteiger partial charge on any atom is -0.466 e. The van der Waals surface area contributed by atoms with E-state index in [4.69, 9.17) is 27.9 Å². The van der Waals surface area contributed by atoms with Crippen molar-refractivity contribution < 1.29 is 32.6 Å². The van der Waals surface area contributed by atoms with Gasteiger partial charge in [0.05, 0.1) is 22.7 Å². The number of amides is 2. The maximum Gasteiger partial charge on any atom is 0.437 e. The molecule has 0 saturated carbocycles. The Balaban J connectivity index is 2.71. The molecular formula is C15H15Cl2F3N2O4. The van der Waals surface area contributed by atoms with E-state index in [2.05, 4.69) is 5.32 Å². The average molecular weight is 415 g/mol. The molecule has 3 atom stereocenters. The molecule has 0 aromatic heterocycles. The fourth-order valence-corrected chi connectivity index (χ4v) is 3.25. The molecule has 1 aromatic carbocycles. The highest BCUT2D eigenvalue weighted by Gasteiger charge is 2.70. The highest BCUT2D eigenvalue weighted by Crippen LogP contribution is 2.48. The molecule has 1 fully saturated rings. The number of nitrogens with zero attached hydrogens (tertiary/aromatic N) is 1. The van der Waals surface area contributed by atoms with E-state index in [1.54, 1.807) is 0 Å². The van der Waals surface area contributed by atoms with Gasteiger partial charge in [0.1, 0.15) is 5.92 Å². The number of ether oxygens (including phenoxy) is 1. The van der Waals surface area contributed by atoms with E-state index in [1.165, 1.54) is 25.1 Å². The molecule has 2 rings (SSSR count). The van der Waals surface area contributed by atoms with Crippen LogP contribution in [0.4, 0.5) is 18.0 Å². The number of carbonyl (C=O) groups is 2. The number of hydrogen-bond donors (Lipinski definition) is 2. The number of nitrogens with one attached hydrogen (secondary N) is 1. The summed E-state index contributed by atoms with van der Waals surface area (Å²) in [6, 6.07) is 1.22. The van der Waals surface area contributed by atoms with Crippen LogP contribution in [-0.4, -0.2) is 47.6 Å². The van der Waals surface area contributed by atoms with E-state index in [9.17, 15) is 27.9 Å². The Bertz CT molecular complexity index is 731. The summed E-state index contributed by atoms with van der Waals surface area (Å²) < 4.78 is 45.9. The van der Waals surface area contributed by atoms with Gasteiger partial charge in [0.2, 0.25) is 0 Å². The van der Waals surface area contributed by atoms with E-state index in [-0.39, 0.29) is 27.1 Å². The van der Waals surface area contributed by atoms with Gasteiger partial charge in [-0.05, 0) is 18.6 Å². The van der Waals surface area contributed by atoms with Gasteiger partial charge < -0.3 is 15.2 Å². The molecule has 0 spiro atoms. The fourth-order valence-electron chi connectivity index (χ4n) is 2.83. The van der Waals surface area contributed by atoms with Crippen molar-refractivity contribution in [3.05, 3.63) is 33.8 Å². The quantitative estimate of drug-likeness (QED) is 0.744. The van der Waals surface area contributed by atoms with E-state index in [1.807, 2.05) is 0 Å². The standard InChI is InChI=1S/C15H15Cl2F3N2O4/c1-3-26-12(23)9-11(7-5-4-6-8(16)10(7)17)21-13(24)22(2)14(9,25)15(18,19)20/h4-6,9,11,25H,3H2,1-2H3,(H,21,24)/t9-,11-,14+/m1/s1. The monoisotopic (exact) mass is 414 g/mol. The van der Waals surface area contributed by atoms with E-state index < -0.39 is 35.9 Å². The van der Waals surface area contributed by atoms with Gasteiger partial charge in [0.15, 0.2) is 0 Å². The van der Waals surface area contributed by atoms with Crippen molar-refractivity contribution in [2.45, 2.75) is 24.9 Å². The van der Waals surface area contributed by atoms with Crippen LogP contribution in [0.5, 0.6) is 0 Å². The van der Waals surface area contributed by atoms with E-state index >= 15 is 0 Å². The molecule has 1 aromatic rings. The van der Waals surface area contributed by atoms with Gasteiger partial charge in [-0.25, -0.2) is 4.79 Å². The second-order valence-corrected chi connectivity index (χ2v) is 6.37. The van der Waals surface area contributed by atoms with Crippen LogP contribution in [0.25, 0.3) is 0 Å². The first-order chi connectivity index (χ1) is 12.0. The Labute approximate surface area is 156 Å². The van der Waals surface area contributed by atoms with E-state index in [0.717, 1.165) is 7.05 Å². The average Bonchev–Trinajstić information content (AvgIpc) is 2.54. The third kappa shape index (κ3) is 3.19. The largest absolute Gasteiger partial charge is 0.466 e.